The van der Waals surface area contributed by atoms with E-state index >= 15 is 0 Å². The van der Waals surface area contributed by atoms with Gasteiger partial charge in [0.15, 0.2) is 0 Å². The van der Waals surface area contributed by atoms with Crippen LogP contribution in [-0.4, -0.2) is 41.8 Å². The lowest BCUT2D eigenvalue weighted by Gasteiger charge is -2.44. The Hall–Kier alpha value is -0.770. The minimum atomic E-state index is 0. The molecule has 19 heavy (non-hydrogen) atoms. The molecule has 1 aromatic rings. The number of halogens is 1. The van der Waals surface area contributed by atoms with Crippen molar-refractivity contribution in [3.63, 3.8) is 0 Å². The highest BCUT2D eigenvalue weighted by Gasteiger charge is 2.36. The first kappa shape index (κ1) is 14.6. The molecule has 1 heterocycles. The van der Waals surface area contributed by atoms with Crippen molar-refractivity contribution in [2.24, 2.45) is 0 Å². The molecule has 1 fully saturated rings. The Bertz CT molecular complexity index is 436. The van der Waals surface area contributed by atoms with Gasteiger partial charge in [0.05, 0.1) is 12.7 Å². The van der Waals surface area contributed by atoms with Crippen LogP contribution in [-0.2, 0) is 17.6 Å². The third kappa shape index (κ3) is 2.73. The van der Waals surface area contributed by atoms with Crippen molar-refractivity contribution in [1.29, 1.82) is 0 Å². The first-order valence-electron chi connectivity index (χ1n) is 6.95. The Balaban J connectivity index is 0.00000133. The Morgan fingerprint density at radius 1 is 1.37 bits per heavy atom. The van der Waals surface area contributed by atoms with Crippen LogP contribution in [0.4, 0.5) is 0 Å². The molecule has 4 heteroatoms. The summed E-state index contributed by atoms with van der Waals surface area (Å²) in [5.74, 6) is 0.433. The van der Waals surface area contributed by atoms with E-state index in [1.165, 1.54) is 12.0 Å². The molecule has 0 saturated carbocycles. The van der Waals surface area contributed by atoms with E-state index in [9.17, 15) is 5.11 Å². The Morgan fingerprint density at radius 2 is 2.21 bits per heavy atom. The Kier molecular flexibility index (Phi) is 4.71. The predicted molar refractivity (Wildman–Crippen MR) is 78.2 cm³/mol. The van der Waals surface area contributed by atoms with Gasteiger partial charge in [0.1, 0.15) is 5.75 Å². The van der Waals surface area contributed by atoms with E-state index in [2.05, 4.69) is 17.9 Å². The van der Waals surface area contributed by atoms with Gasteiger partial charge < -0.3 is 9.84 Å². The van der Waals surface area contributed by atoms with Gasteiger partial charge in [-0.25, -0.2) is 0 Å². The second-order valence-electron chi connectivity index (χ2n) is 5.34. The van der Waals surface area contributed by atoms with Crippen LogP contribution in [0.25, 0.3) is 0 Å². The molecule has 2 atom stereocenters. The first-order valence-corrected chi connectivity index (χ1v) is 6.95. The third-order valence-electron chi connectivity index (χ3n) is 4.20. The first-order chi connectivity index (χ1) is 8.79. The number of hydrogen-bond acceptors (Lipinski definition) is 3. The minimum absolute atomic E-state index is 0. The van der Waals surface area contributed by atoms with E-state index < -0.39 is 0 Å². The second kappa shape index (κ2) is 6.12. The van der Waals surface area contributed by atoms with Gasteiger partial charge in [-0.1, -0.05) is 19.1 Å². The van der Waals surface area contributed by atoms with Crippen molar-refractivity contribution < 1.29 is 9.84 Å². The number of benzene rings is 1. The molecule has 1 aliphatic carbocycles. The van der Waals surface area contributed by atoms with Crippen molar-refractivity contribution in [2.75, 3.05) is 19.7 Å². The predicted octanol–water partition coefficient (Wildman–Crippen LogP) is 2.39. The average molecular weight is 284 g/mol. The van der Waals surface area contributed by atoms with Gasteiger partial charge in [-0.3, -0.25) is 4.90 Å². The van der Waals surface area contributed by atoms with Gasteiger partial charge in [-0.05, 0) is 36.6 Å². The maximum Gasteiger partial charge on any atom is 0.119 e. The van der Waals surface area contributed by atoms with Gasteiger partial charge in [0.2, 0.25) is 0 Å². The smallest absolute Gasteiger partial charge is 0.119 e. The van der Waals surface area contributed by atoms with E-state index in [4.69, 9.17) is 4.74 Å². The zero-order chi connectivity index (χ0) is 12.5. The number of hydrogen-bond donors (Lipinski definition) is 1. The largest absolute Gasteiger partial charge is 0.508 e. The fraction of sp³-hybridized carbons (Fsp3) is 0.600. The lowest BCUT2D eigenvalue weighted by atomic mass is 9.84. The van der Waals surface area contributed by atoms with Crippen molar-refractivity contribution in [3.05, 3.63) is 29.3 Å². The van der Waals surface area contributed by atoms with Crippen LogP contribution in [0.5, 0.6) is 5.75 Å². The van der Waals surface area contributed by atoms with E-state index in [1.807, 2.05) is 6.07 Å². The third-order valence-corrected chi connectivity index (χ3v) is 4.20. The van der Waals surface area contributed by atoms with Crippen molar-refractivity contribution in [3.8, 4) is 5.75 Å². The van der Waals surface area contributed by atoms with Gasteiger partial charge >= 0.3 is 0 Å². The number of aromatic hydroxyl groups is 1. The molecule has 0 unspecified atom stereocenters. The summed E-state index contributed by atoms with van der Waals surface area (Å²) in [6.07, 6.45) is 3.31. The zero-order valence-electron chi connectivity index (χ0n) is 11.3. The lowest BCUT2D eigenvalue weighted by molar-refractivity contribution is -0.0741. The van der Waals surface area contributed by atoms with Crippen molar-refractivity contribution in [2.45, 2.75) is 38.3 Å². The van der Waals surface area contributed by atoms with Crippen molar-refractivity contribution in [1.82, 2.24) is 4.90 Å². The number of rotatable bonds is 2. The quantitative estimate of drug-likeness (QED) is 0.905. The fourth-order valence-corrected chi connectivity index (χ4v) is 3.33. The second-order valence-corrected chi connectivity index (χ2v) is 5.34. The van der Waals surface area contributed by atoms with E-state index in [0.29, 0.717) is 11.8 Å². The topological polar surface area (TPSA) is 32.7 Å². The molecule has 0 spiro atoms. The summed E-state index contributed by atoms with van der Waals surface area (Å²) >= 11 is 0. The summed E-state index contributed by atoms with van der Waals surface area (Å²) in [6, 6.07) is 6.37. The molecule has 3 nitrogen and oxygen atoms in total. The molecular formula is C15H22ClNO2. The summed E-state index contributed by atoms with van der Waals surface area (Å²) < 4.78 is 5.92. The van der Waals surface area contributed by atoms with Crippen LogP contribution in [0.2, 0.25) is 0 Å². The molecule has 106 valence electrons. The van der Waals surface area contributed by atoms with Crippen LogP contribution in [0.3, 0.4) is 0 Å². The molecule has 1 saturated heterocycles. The highest BCUT2D eigenvalue weighted by atomic mass is 35.5. The Morgan fingerprint density at radius 3 is 3.00 bits per heavy atom. The average Bonchev–Trinajstić information content (AvgIpc) is 2.38. The number of ether oxygens (including phenoxy) is 1. The molecule has 1 aliphatic heterocycles. The molecule has 2 aliphatic rings. The van der Waals surface area contributed by atoms with Crippen LogP contribution < -0.4 is 0 Å². The molecule has 3 rings (SSSR count). The molecule has 0 aromatic heterocycles. The molecule has 0 bridgehead atoms. The monoisotopic (exact) mass is 283 g/mol. The number of nitrogens with zero attached hydrogens (tertiary/aromatic N) is 1. The van der Waals surface area contributed by atoms with Crippen LogP contribution >= 0.6 is 12.4 Å². The normalized spacial score (nSPS) is 26.2. The van der Waals surface area contributed by atoms with Crippen molar-refractivity contribution >= 4 is 12.4 Å². The van der Waals surface area contributed by atoms with Crippen LogP contribution in [0.1, 0.15) is 24.5 Å². The van der Waals surface area contributed by atoms with E-state index in [0.717, 1.165) is 38.1 Å². The summed E-state index contributed by atoms with van der Waals surface area (Å²) in [4.78, 5) is 2.56. The molecule has 0 amide bonds. The van der Waals surface area contributed by atoms with E-state index in [-0.39, 0.29) is 18.5 Å². The molecular weight excluding hydrogens is 262 g/mol. The fourth-order valence-electron chi connectivity index (χ4n) is 3.33. The number of phenols is 1. The summed E-state index contributed by atoms with van der Waals surface area (Å²) in [7, 11) is 0. The zero-order valence-corrected chi connectivity index (χ0v) is 12.2. The standard InChI is InChI=1S/C15H21NO2.ClH/c1-2-6-16-7-8-18-15-10-12-11(9-13(15)16)4-3-5-14(12)17;/h3-5,13,15,17H,2,6-10H2,1H3;1H/t13-,15-;/m0./s1. The molecule has 1 N–H and O–H groups in total. The molecule has 0 radical (unpaired) electrons. The Labute approximate surface area is 121 Å². The highest BCUT2D eigenvalue weighted by molar-refractivity contribution is 5.85. The van der Waals surface area contributed by atoms with Gasteiger partial charge in [-0.15, -0.1) is 12.4 Å². The number of fused-ring (bicyclic) bond motifs is 2. The summed E-state index contributed by atoms with van der Waals surface area (Å²) in [5, 5.41) is 9.95. The highest BCUT2D eigenvalue weighted by Crippen LogP contribution is 2.33. The van der Waals surface area contributed by atoms with Gasteiger partial charge in [-0.2, -0.15) is 0 Å². The van der Waals surface area contributed by atoms with E-state index in [1.54, 1.807) is 6.07 Å². The lowest BCUT2D eigenvalue weighted by Crippen LogP contribution is -2.55. The number of morpholine rings is 1. The maximum atomic E-state index is 9.95. The van der Waals surface area contributed by atoms with Gasteiger partial charge in [0, 0.05) is 19.0 Å². The maximum absolute atomic E-state index is 9.95. The SMILES string of the molecule is CCCN1CCO[C@H]2Cc3c(O)cccc3C[C@@H]21.Cl. The summed E-state index contributed by atoms with van der Waals surface area (Å²) in [6.45, 7) is 5.25. The summed E-state index contributed by atoms with van der Waals surface area (Å²) in [5.41, 5.74) is 2.39. The minimum Gasteiger partial charge on any atom is -0.508 e. The van der Waals surface area contributed by atoms with Gasteiger partial charge in [0.25, 0.3) is 0 Å². The molecule has 1 aromatic carbocycles. The van der Waals surface area contributed by atoms with Crippen LogP contribution in [0, 0.1) is 0 Å². The van der Waals surface area contributed by atoms with Crippen LogP contribution in [0.15, 0.2) is 18.2 Å². The number of phenolic OH excluding ortho intramolecular Hbond substituents is 1.